The van der Waals surface area contributed by atoms with Crippen molar-refractivity contribution in [3.8, 4) is 11.5 Å². The molecule has 0 N–H and O–H groups in total. The van der Waals surface area contributed by atoms with E-state index >= 15 is 0 Å². The Labute approximate surface area is 135 Å². The van der Waals surface area contributed by atoms with Crippen molar-refractivity contribution in [3.05, 3.63) is 59.2 Å². The second kappa shape index (κ2) is 5.10. The number of likely N-dealkylation sites (N-methyl/N-ethyl adjacent to an activating group) is 1. The molecule has 0 aliphatic carbocycles. The van der Waals surface area contributed by atoms with Crippen LogP contribution in [0.1, 0.15) is 28.4 Å². The molecule has 23 heavy (non-hydrogen) atoms. The fraction of sp³-hybridized carbons (Fsp3) is 0.316. The molecular formula is C19H19NO3. The molecule has 0 saturated carbocycles. The van der Waals surface area contributed by atoms with Crippen molar-refractivity contribution in [1.29, 1.82) is 0 Å². The molecule has 2 aromatic carbocycles. The minimum absolute atomic E-state index is 0.118. The normalized spacial score (nSPS) is 22.7. The zero-order valence-corrected chi connectivity index (χ0v) is 13.3. The Morgan fingerprint density at radius 2 is 1.83 bits per heavy atom. The van der Waals surface area contributed by atoms with Gasteiger partial charge in [-0.15, -0.1) is 0 Å². The maximum atomic E-state index is 13.2. The van der Waals surface area contributed by atoms with Gasteiger partial charge in [-0.25, -0.2) is 0 Å². The van der Waals surface area contributed by atoms with Gasteiger partial charge in [-0.2, -0.15) is 0 Å². The molecule has 0 amide bonds. The molecule has 2 aliphatic heterocycles. The monoisotopic (exact) mass is 309 g/mol. The second-order valence-electron chi connectivity index (χ2n) is 6.47. The van der Waals surface area contributed by atoms with E-state index in [-0.39, 0.29) is 12.6 Å². The number of fused-ring (bicyclic) bond motifs is 2. The number of Topliss-reactive ketones (excluding diaryl/α,β-unsaturated/α-hetero) is 1. The molecule has 1 atom stereocenters. The molecule has 0 bridgehead atoms. The number of carbonyl (C=O) groups is 1. The van der Waals surface area contributed by atoms with Crippen molar-refractivity contribution in [2.75, 3.05) is 13.8 Å². The maximum absolute atomic E-state index is 13.2. The average Bonchev–Trinajstić information content (AvgIpc) is 3.02. The molecule has 4 heteroatoms. The molecule has 2 aromatic rings. The number of hydrogen-bond donors (Lipinski definition) is 0. The van der Waals surface area contributed by atoms with Crippen LogP contribution in [-0.2, 0) is 13.0 Å². The van der Waals surface area contributed by atoms with Crippen LogP contribution in [0.5, 0.6) is 11.5 Å². The lowest BCUT2D eigenvalue weighted by Gasteiger charge is -2.42. The smallest absolute Gasteiger partial charge is 0.231 e. The number of hydrogen-bond acceptors (Lipinski definition) is 4. The van der Waals surface area contributed by atoms with Gasteiger partial charge >= 0.3 is 0 Å². The molecule has 4 rings (SSSR count). The molecule has 1 unspecified atom stereocenters. The summed E-state index contributed by atoms with van der Waals surface area (Å²) in [5, 5.41) is 0. The summed E-state index contributed by atoms with van der Waals surface area (Å²) >= 11 is 0. The number of nitrogens with zero attached hydrogens (tertiary/aromatic N) is 1. The number of ether oxygens (including phenoxy) is 2. The van der Waals surface area contributed by atoms with Gasteiger partial charge in [-0.05, 0) is 49.7 Å². The van der Waals surface area contributed by atoms with Gasteiger partial charge < -0.3 is 9.47 Å². The topological polar surface area (TPSA) is 38.8 Å². The van der Waals surface area contributed by atoms with Crippen molar-refractivity contribution in [1.82, 2.24) is 4.90 Å². The van der Waals surface area contributed by atoms with Crippen LogP contribution in [0.25, 0.3) is 0 Å². The summed E-state index contributed by atoms with van der Waals surface area (Å²) in [5.41, 5.74) is 2.67. The van der Waals surface area contributed by atoms with Crippen molar-refractivity contribution >= 4 is 5.78 Å². The lowest BCUT2D eigenvalue weighted by Crippen LogP contribution is -2.54. The van der Waals surface area contributed by atoms with E-state index in [4.69, 9.17) is 9.47 Å². The summed E-state index contributed by atoms with van der Waals surface area (Å²) in [6.45, 7) is 3.02. The Bertz CT molecular complexity index is 786. The maximum Gasteiger partial charge on any atom is 0.231 e. The number of benzene rings is 2. The van der Waals surface area contributed by atoms with Gasteiger partial charge in [0.2, 0.25) is 6.79 Å². The minimum atomic E-state index is -0.554. The first-order valence-corrected chi connectivity index (χ1v) is 7.80. The lowest BCUT2D eigenvalue weighted by molar-refractivity contribution is 0.0612. The van der Waals surface area contributed by atoms with E-state index in [2.05, 4.69) is 23.1 Å². The Hall–Kier alpha value is -2.33. The Balaban J connectivity index is 1.70. The molecule has 4 nitrogen and oxygen atoms in total. The summed E-state index contributed by atoms with van der Waals surface area (Å²) in [6, 6.07) is 13.8. The van der Waals surface area contributed by atoms with Crippen LogP contribution in [0.3, 0.4) is 0 Å². The molecule has 118 valence electrons. The highest BCUT2D eigenvalue weighted by molar-refractivity contribution is 6.03. The SMILES string of the molecule is CN1Cc2ccccc2CC1(C)C(=O)c1ccc2c(c1)OCO2. The summed E-state index contributed by atoms with van der Waals surface area (Å²) in [7, 11) is 2.01. The van der Waals surface area contributed by atoms with Crippen LogP contribution in [0.2, 0.25) is 0 Å². The molecule has 0 radical (unpaired) electrons. The lowest BCUT2D eigenvalue weighted by atomic mass is 9.79. The van der Waals surface area contributed by atoms with Crippen LogP contribution in [0.15, 0.2) is 42.5 Å². The van der Waals surface area contributed by atoms with Crippen LogP contribution >= 0.6 is 0 Å². The molecule has 0 spiro atoms. The van der Waals surface area contributed by atoms with E-state index in [1.54, 1.807) is 6.07 Å². The highest BCUT2D eigenvalue weighted by atomic mass is 16.7. The van der Waals surface area contributed by atoms with Gasteiger partial charge in [0.25, 0.3) is 0 Å². The van der Waals surface area contributed by atoms with E-state index < -0.39 is 5.54 Å². The Kier molecular flexibility index (Phi) is 3.16. The quantitative estimate of drug-likeness (QED) is 0.799. The van der Waals surface area contributed by atoms with E-state index in [9.17, 15) is 4.79 Å². The first-order valence-electron chi connectivity index (χ1n) is 7.80. The molecule has 0 fully saturated rings. The number of ketones is 1. The summed E-state index contributed by atoms with van der Waals surface area (Å²) < 4.78 is 10.7. The van der Waals surface area contributed by atoms with E-state index in [0.717, 1.165) is 6.54 Å². The molecular weight excluding hydrogens is 290 g/mol. The third-order valence-electron chi connectivity index (χ3n) is 5.03. The van der Waals surface area contributed by atoms with Crippen molar-refractivity contribution < 1.29 is 14.3 Å². The molecule has 2 heterocycles. The van der Waals surface area contributed by atoms with Crippen molar-refractivity contribution in [3.63, 3.8) is 0 Å². The third kappa shape index (κ3) is 2.21. The summed E-state index contributed by atoms with van der Waals surface area (Å²) in [5.74, 6) is 1.47. The van der Waals surface area contributed by atoms with E-state index in [1.807, 2.05) is 32.2 Å². The van der Waals surface area contributed by atoms with Gasteiger partial charge in [0.05, 0.1) is 5.54 Å². The van der Waals surface area contributed by atoms with Crippen LogP contribution in [-0.4, -0.2) is 30.1 Å². The molecule has 0 aromatic heterocycles. The van der Waals surface area contributed by atoms with E-state index in [1.165, 1.54) is 11.1 Å². The average molecular weight is 309 g/mol. The molecule has 2 aliphatic rings. The van der Waals surface area contributed by atoms with Crippen LogP contribution in [0.4, 0.5) is 0 Å². The fourth-order valence-electron chi connectivity index (χ4n) is 3.42. The van der Waals surface area contributed by atoms with Crippen LogP contribution < -0.4 is 9.47 Å². The van der Waals surface area contributed by atoms with Crippen molar-refractivity contribution in [2.24, 2.45) is 0 Å². The standard InChI is InChI=1S/C19H19NO3/c1-19(10-14-5-3-4-6-15(14)11-20(19)2)18(21)13-7-8-16-17(9-13)23-12-22-16/h3-9H,10-12H2,1-2H3. The second-order valence-corrected chi connectivity index (χ2v) is 6.47. The third-order valence-corrected chi connectivity index (χ3v) is 5.03. The first kappa shape index (κ1) is 14.3. The number of rotatable bonds is 2. The largest absolute Gasteiger partial charge is 0.454 e. The van der Waals surface area contributed by atoms with Gasteiger partial charge in [-0.1, -0.05) is 24.3 Å². The predicted octanol–water partition coefficient (Wildman–Crippen LogP) is 3.04. The molecule has 0 saturated heterocycles. The van der Waals surface area contributed by atoms with Gasteiger partial charge in [0, 0.05) is 12.1 Å². The predicted molar refractivity (Wildman–Crippen MR) is 86.9 cm³/mol. The van der Waals surface area contributed by atoms with Gasteiger partial charge in [0.15, 0.2) is 17.3 Å². The highest BCUT2D eigenvalue weighted by Crippen LogP contribution is 2.36. The van der Waals surface area contributed by atoms with Gasteiger partial charge in [0.1, 0.15) is 0 Å². The van der Waals surface area contributed by atoms with Crippen molar-refractivity contribution in [2.45, 2.75) is 25.4 Å². The van der Waals surface area contributed by atoms with Gasteiger partial charge in [-0.3, -0.25) is 9.69 Å². The van der Waals surface area contributed by atoms with Crippen LogP contribution in [0, 0.1) is 0 Å². The zero-order valence-electron chi connectivity index (χ0n) is 13.3. The zero-order chi connectivity index (χ0) is 16.0. The fourth-order valence-corrected chi connectivity index (χ4v) is 3.42. The summed E-state index contributed by atoms with van der Waals surface area (Å²) in [6.07, 6.45) is 0.715. The summed E-state index contributed by atoms with van der Waals surface area (Å²) in [4.78, 5) is 15.3. The van der Waals surface area contributed by atoms with E-state index in [0.29, 0.717) is 23.5 Å². The Morgan fingerprint density at radius 3 is 2.65 bits per heavy atom. The minimum Gasteiger partial charge on any atom is -0.454 e. The highest BCUT2D eigenvalue weighted by Gasteiger charge is 2.41. The number of carbonyl (C=O) groups excluding carboxylic acids is 1. The Morgan fingerprint density at radius 1 is 1.09 bits per heavy atom. The first-order chi connectivity index (χ1) is 11.1.